The highest BCUT2D eigenvalue weighted by atomic mass is 19.4. The zero-order valence-corrected chi connectivity index (χ0v) is 39.4. The van der Waals surface area contributed by atoms with Gasteiger partial charge in [-0.2, -0.15) is 26.3 Å². The van der Waals surface area contributed by atoms with Crippen LogP contribution in [0.1, 0.15) is 41.5 Å². The lowest BCUT2D eigenvalue weighted by molar-refractivity contribution is -0.173. The topological polar surface area (TPSA) is 183 Å². The molecule has 0 unspecified atom stereocenters. The maximum atomic E-state index is 13.5. The molecule has 18 nitrogen and oxygen atoms in total. The smallest absolute Gasteiger partial charge is 0.471 e. The number of alkyl halides is 6. The molecule has 5 heterocycles. The molecule has 2 aliphatic heterocycles. The number of piperazine rings is 2. The Morgan fingerprint density at radius 1 is 0.634 bits per heavy atom. The third-order valence-electron chi connectivity index (χ3n) is 11.6. The SMILES string of the molecule is CCN1CCN(C(=O)N(Cc2ccc(-c3nnc(C(F)(F)F)o3)cn2)c2ccc(OC)cc2)CC1.CCN1CCN(C(=O)N(Cc2ccc(C(=O)CNC(=O)C(F)(F)F)cn2)c2ccc(OC)cc2)CC1. The van der Waals surface area contributed by atoms with Gasteiger partial charge >= 0.3 is 36.2 Å². The van der Waals surface area contributed by atoms with Gasteiger partial charge in [0.05, 0.1) is 50.8 Å². The number of hydrogen-bond donors (Lipinski definition) is 1. The van der Waals surface area contributed by atoms with Gasteiger partial charge in [-0.15, -0.1) is 10.2 Å². The van der Waals surface area contributed by atoms with Crippen molar-refractivity contribution in [1.29, 1.82) is 0 Å². The number of ether oxygens (including phenoxy) is 2. The van der Waals surface area contributed by atoms with Gasteiger partial charge in [-0.25, -0.2) is 9.59 Å². The second kappa shape index (κ2) is 24.0. The molecule has 0 bridgehead atoms. The second-order valence-corrected chi connectivity index (χ2v) is 16.1. The number of ketones is 1. The van der Waals surface area contributed by atoms with Gasteiger partial charge in [0, 0.05) is 81.7 Å². The van der Waals surface area contributed by atoms with Crippen molar-refractivity contribution in [3.8, 4) is 23.0 Å². The number of amides is 5. The van der Waals surface area contributed by atoms with E-state index in [9.17, 15) is 45.5 Å². The molecule has 2 saturated heterocycles. The molecule has 2 fully saturated rings. The van der Waals surface area contributed by atoms with Gasteiger partial charge in [-0.05, 0) is 85.9 Å². The third-order valence-corrected chi connectivity index (χ3v) is 11.6. The van der Waals surface area contributed by atoms with Crippen LogP contribution in [0.4, 0.5) is 47.3 Å². The van der Waals surface area contributed by atoms with E-state index in [1.54, 1.807) is 88.8 Å². The third kappa shape index (κ3) is 14.4. The number of nitrogens with zero attached hydrogens (tertiary/aromatic N) is 10. The highest BCUT2D eigenvalue weighted by Crippen LogP contribution is 2.31. The first-order valence-corrected chi connectivity index (χ1v) is 22.5. The predicted octanol–water partition coefficient (Wildman–Crippen LogP) is 6.64. The van der Waals surface area contributed by atoms with E-state index in [2.05, 4.69) is 43.8 Å². The fourth-order valence-corrected chi connectivity index (χ4v) is 7.38. The number of rotatable bonds is 14. The van der Waals surface area contributed by atoms with E-state index in [4.69, 9.17) is 13.9 Å². The zero-order chi connectivity index (χ0) is 51.3. The summed E-state index contributed by atoms with van der Waals surface area (Å²) in [5, 5.41) is 8.02. The van der Waals surface area contributed by atoms with Crippen LogP contribution in [-0.2, 0) is 24.1 Å². The number of hydrogen-bond acceptors (Lipinski definition) is 13. The minimum atomic E-state index is -5.07. The zero-order valence-electron chi connectivity index (χ0n) is 39.4. The molecule has 0 saturated carbocycles. The average Bonchev–Trinajstić information content (AvgIpc) is 3.91. The first kappa shape index (κ1) is 53.0. The number of methoxy groups -OCH3 is 2. The summed E-state index contributed by atoms with van der Waals surface area (Å²) in [7, 11) is 3.12. The molecule has 0 radical (unpaired) electrons. The summed E-state index contributed by atoms with van der Waals surface area (Å²) in [4.78, 5) is 69.9. The van der Waals surface area contributed by atoms with Gasteiger partial charge in [0.2, 0.25) is 5.89 Å². The van der Waals surface area contributed by atoms with Gasteiger partial charge in [-0.3, -0.25) is 29.4 Å². The van der Waals surface area contributed by atoms with E-state index in [0.29, 0.717) is 60.4 Å². The minimum absolute atomic E-state index is 0.0410. The van der Waals surface area contributed by atoms with Crippen LogP contribution < -0.4 is 24.6 Å². The normalized spacial score (nSPS) is 14.5. The lowest BCUT2D eigenvalue weighted by Gasteiger charge is -2.37. The lowest BCUT2D eigenvalue weighted by atomic mass is 10.1. The predicted molar refractivity (Wildman–Crippen MR) is 247 cm³/mol. The van der Waals surface area contributed by atoms with E-state index in [-0.39, 0.29) is 42.2 Å². The largest absolute Gasteiger partial charge is 0.497 e. The Morgan fingerprint density at radius 2 is 1.10 bits per heavy atom. The number of pyridine rings is 2. The number of nitrogens with one attached hydrogen (secondary N) is 1. The van der Waals surface area contributed by atoms with Gasteiger partial charge in [0.1, 0.15) is 11.5 Å². The molecule has 380 valence electrons. The van der Waals surface area contributed by atoms with E-state index in [1.807, 2.05) is 4.90 Å². The van der Waals surface area contributed by atoms with E-state index >= 15 is 0 Å². The Labute approximate surface area is 405 Å². The number of likely N-dealkylation sites (N-methyl/N-ethyl adjacent to an activating group) is 2. The number of anilines is 2. The summed E-state index contributed by atoms with van der Waals surface area (Å²) in [5.74, 6) is -3.30. The molecule has 0 atom stereocenters. The number of carbonyl (C=O) groups is 4. The van der Waals surface area contributed by atoms with Crippen LogP contribution in [0.2, 0.25) is 0 Å². The van der Waals surface area contributed by atoms with Gasteiger partial charge in [-0.1, -0.05) is 13.8 Å². The van der Waals surface area contributed by atoms with E-state index < -0.39 is 36.5 Å². The number of halogens is 6. The molecule has 71 heavy (non-hydrogen) atoms. The highest BCUT2D eigenvalue weighted by molar-refractivity contribution is 5.99. The fourth-order valence-electron chi connectivity index (χ4n) is 7.38. The van der Waals surface area contributed by atoms with Gasteiger partial charge in [0.25, 0.3) is 0 Å². The van der Waals surface area contributed by atoms with Crippen LogP contribution in [0.25, 0.3) is 11.5 Å². The number of aromatic nitrogens is 4. The van der Waals surface area contributed by atoms with Crippen molar-refractivity contribution in [2.75, 3.05) is 96.0 Å². The molecule has 0 aliphatic carbocycles. The molecule has 0 spiro atoms. The van der Waals surface area contributed by atoms with Crippen molar-refractivity contribution < 1.29 is 59.4 Å². The molecule has 5 amide bonds. The molecule has 2 aromatic carbocycles. The molecular weight excluding hydrogens is 945 g/mol. The number of urea groups is 2. The summed E-state index contributed by atoms with van der Waals surface area (Å²) >= 11 is 0. The van der Waals surface area contributed by atoms with Crippen LogP contribution >= 0.6 is 0 Å². The molecule has 1 N–H and O–H groups in total. The molecule has 2 aliphatic rings. The summed E-state index contributed by atoms with van der Waals surface area (Å²) in [6, 6.07) is 19.9. The molecule has 7 rings (SSSR count). The second-order valence-electron chi connectivity index (χ2n) is 16.1. The summed E-state index contributed by atoms with van der Waals surface area (Å²) in [5.41, 5.74) is 2.61. The van der Waals surface area contributed by atoms with Gasteiger partial charge < -0.3 is 38.8 Å². The maximum Gasteiger partial charge on any atom is 0.471 e. The first-order valence-electron chi connectivity index (χ1n) is 22.5. The monoisotopic (exact) mass is 997 g/mol. The van der Waals surface area contributed by atoms with Gasteiger partial charge in [0.15, 0.2) is 5.78 Å². The maximum absolute atomic E-state index is 13.5. The lowest BCUT2D eigenvalue weighted by Crippen LogP contribution is -2.52. The highest BCUT2D eigenvalue weighted by Gasteiger charge is 2.39. The van der Waals surface area contributed by atoms with Crippen molar-refractivity contribution in [2.45, 2.75) is 39.3 Å². The Kier molecular flexibility index (Phi) is 17.9. The van der Waals surface area contributed by atoms with Crippen molar-refractivity contribution in [2.24, 2.45) is 0 Å². The van der Waals surface area contributed by atoms with E-state index in [0.717, 1.165) is 39.3 Å². The molecule has 3 aromatic heterocycles. The Balaban J connectivity index is 0.000000232. The molecule has 5 aromatic rings. The summed E-state index contributed by atoms with van der Waals surface area (Å²) in [6.07, 6.45) is -7.22. The summed E-state index contributed by atoms with van der Waals surface area (Å²) in [6.45, 7) is 11.0. The number of carbonyl (C=O) groups excluding carboxylic acids is 4. The first-order chi connectivity index (χ1) is 33.9. The number of benzene rings is 2. The molecule has 24 heteroatoms. The quantitative estimate of drug-likeness (QED) is 0.0925. The van der Waals surface area contributed by atoms with Crippen LogP contribution in [0.3, 0.4) is 0 Å². The van der Waals surface area contributed by atoms with Crippen LogP contribution in [0, 0.1) is 0 Å². The standard InChI is InChI=1S/C24H28F3N5O4.C23H25F3N6O3/c1-3-30-10-12-31(13-11-30)23(35)32(19-6-8-20(36-2)9-7-19)16-18-5-4-17(14-28-18)21(33)15-29-22(34)24(25,26)27;1-3-30-10-12-31(13-11-30)22(33)32(18-6-8-19(34-2)9-7-18)15-17-5-4-16(14-27-17)20-28-29-21(35-20)23(24,25)26/h4-9,14H,3,10-13,15-16H2,1-2H3,(H,29,34);4-9,14H,3,10-13,15H2,1-2H3. The van der Waals surface area contributed by atoms with Crippen molar-refractivity contribution in [1.82, 2.24) is 45.1 Å². The van der Waals surface area contributed by atoms with Crippen molar-refractivity contribution >= 4 is 35.1 Å². The van der Waals surface area contributed by atoms with Crippen molar-refractivity contribution in [3.05, 3.63) is 108 Å². The Morgan fingerprint density at radius 3 is 1.46 bits per heavy atom. The number of Topliss-reactive ketones (excluding diaryl/α,β-unsaturated/α-hetero) is 1. The Hall–Kier alpha value is -7.34. The van der Waals surface area contributed by atoms with E-state index in [1.165, 1.54) is 30.6 Å². The van der Waals surface area contributed by atoms with Crippen LogP contribution in [0.5, 0.6) is 11.5 Å². The van der Waals surface area contributed by atoms with Crippen molar-refractivity contribution in [3.63, 3.8) is 0 Å². The summed E-state index contributed by atoms with van der Waals surface area (Å²) < 4.78 is 90.3. The fraction of sp³-hybridized carbons (Fsp3) is 0.404. The van der Waals surface area contributed by atoms with Crippen LogP contribution in [-0.4, -0.2) is 156 Å². The Bertz CT molecular complexity index is 2530. The molecular formula is C47H53F6N11O7. The van der Waals surface area contributed by atoms with Crippen LogP contribution in [0.15, 0.2) is 89.6 Å². The average molecular weight is 998 g/mol. The minimum Gasteiger partial charge on any atom is -0.497 e.